The predicted octanol–water partition coefficient (Wildman–Crippen LogP) is 7.76. The van der Waals surface area contributed by atoms with Crippen molar-refractivity contribution in [3.05, 3.63) is 30.3 Å². The van der Waals surface area contributed by atoms with Gasteiger partial charge in [-0.3, -0.25) is 0 Å². The smallest absolute Gasteiger partial charge is 0.169 e. The van der Waals surface area contributed by atoms with Crippen molar-refractivity contribution in [3.8, 4) is 17.2 Å². The zero-order valence-corrected chi connectivity index (χ0v) is 19.1. The fourth-order valence-corrected chi connectivity index (χ4v) is 3.60. The molecule has 0 saturated heterocycles. The summed E-state index contributed by atoms with van der Waals surface area (Å²) in [7, 11) is 1.69. The molecule has 2 aromatic carbocycles. The van der Waals surface area contributed by atoms with Crippen molar-refractivity contribution in [2.45, 2.75) is 77.0 Å². The average Bonchev–Trinajstić information content (AvgIpc) is 2.76. The molecule has 29 heavy (non-hydrogen) atoms. The topological polar surface area (TPSA) is 27.7 Å². The van der Waals surface area contributed by atoms with Crippen molar-refractivity contribution in [1.82, 2.24) is 0 Å². The summed E-state index contributed by atoms with van der Waals surface area (Å²) >= 11 is 6.20. The van der Waals surface area contributed by atoms with Crippen molar-refractivity contribution >= 4 is 22.4 Å². The third kappa shape index (κ3) is 7.62. The highest BCUT2D eigenvalue weighted by molar-refractivity contribution is 6.20. The standard InChI is InChI=1S/C25H37ClO3/c1-4-6-7-8-12-18-29-25-22-16-10-9-15-21(22)23(19-24(25)27-3)28-17-13-11-14-20(26)5-2/h9-10,15-16,19-20H,4-8,11-14,17-18H2,1-3H3. The maximum Gasteiger partial charge on any atom is 0.169 e. The SMILES string of the molecule is CCCCCCCOc1c(OC)cc(OCCCCC(Cl)CC)c2ccccc12. The van der Waals surface area contributed by atoms with Crippen LogP contribution in [0.4, 0.5) is 0 Å². The Labute approximate surface area is 181 Å². The van der Waals surface area contributed by atoms with Crippen LogP contribution in [-0.2, 0) is 0 Å². The molecule has 0 heterocycles. The monoisotopic (exact) mass is 420 g/mol. The molecule has 0 aromatic heterocycles. The number of methoxy groups -OCH3 is 1. The zero-order valence-electron chi connectivity index (χ0n) is 18.3. The summed E-state index contributed by atoms with van der Waals surface area (Å²) < 4.78 is 17.9. The molecule has 4 heteroatoms. The molecule has 1 unspecified atom stereocenters. The van der Waals surface area contributed by atoms with Gasteiger partial charge in [0.25, 0.3) is 0 Å². The van der Waals surface area contributed by atoms with E-state index in [1.165, 1.54) is 25.7 Å². The molecule has 3 nitrogen and oxygen atoms in total. The second-order valence-electron chi connectivity index (χ2n) is 7.56. The van der Waals surface area contributed by atoms with Crippen LogP contribution in [0.5, 0.6) is 17.2 Å². The van der Waals surface area contributed by atoms with Crippen LogP contribution >= 0.6 is 11.6 Å². The Bertz CT molecular complexity index is 717. The van der Waals surface area contributed by atoms with Crippen molar-refractivity contribution in [2.75, 3.05) is 20.3 Å². The molecule has 2 rings (SSSR count). The third-order valence-corrected chi connectivity index (χ3v) is 5.78. The van der Waals surface area contributed by atoms with E-state index in [4.69, 9.17) is 25.8 Å². The Morgan fingerprint density at radius 2 is 1.52 bits per heavy atom. The summed E-state index contributed by atoms with van der Waals surface area (Å²) in [4.78, 5) is 0. The molecular weight excluding hydrogens is 384 g/mol. The summed E-state index contributed by atoms with van der Waals surface area (Å²) in [6.07, 6.45) is 10.2. The fourth-order valence-electron chi connectivity index (χ4n) is 3.44. The number of benzene rings is 2. The zero-order chi connectivity index (χ0) is 20.9. The summed E-state index contributed by atoms with van der Waals surface area (Å²) in [5.41, 5.74) is 0. The largest absolute Gasteiger partial charge is 0.493 e. The number of hydrogen-bond donors (Lipinski definition) is 0. The first-order chi connectivity index (χ1) is 14.2. The van der Waals surface area contributed by atoms with Gasteiger partial charge in [-0.15, -0.1) is 11.6 Å². The van der Waals surface area contributed by atoms with Crippen molar-refractivity contribution in [3.63, 3.8) is 0 Å². The molecule has 0 aliphatic rings. The molecule has 0 N–H and O–H groups in total. The second-order valence-corrected chi connectivity index (χ2v) is 8.18. The van der Waals surface area contributed by atoms with Gasteiger partial charge in [-0.05, 0) is 32.1 Å². The number of ether oxygens (including phenoxy) is 3. The van der Waals surface area contributed by atoms with Crippen LogP contribution in [0.25, 0.3) is 10.8 Å². The van der Waals surface area contributed by atoms with Gasteiger partial charge in [0.05, 0.1) is 20.3 Å². The molecule has 1 atom stereocenters. The van der Waals surface area contributed by atoms with Gasteiger partial charge in [0.2, 0.25) is 0 Å². The van der Waals surface area contributed by atoms with Crippen LogP contribution in [0.15, 0.2) is 30.3 Å². The lowest BCUT2D eigenvalue weighted by molar-refractivity contribution is 0.283. The second kappa shape index (κ2) is 13.6. The Kier molecular flexibility index (Phi) is 11.1. The van der Waals surface area contributed by atoms with E-state index < -0.39 is 0 Å². The van der Waals surface area contributed by atoms with E-state index in [-0.39, 0.29) is 5.38 Å². The van der Waals surface area contributed by atoms with Crippen LogP contribution in [0.3, 0.4) is 0 Å². The van der Waals surface area contributed by atoms with Gasteiger partial charge in [0.15, 0.2) is 11.5 Å². The number of hydrogen-bond acceptors (Lipinski definition) is 3. The van der Waals surface area contributed by atoms with Gasteiger partial charge in [-0.25, -0.2) is 0 Å². The van der Waals surface area contributed by atoms with Gasteiger partial charge in [0, 0.05) is 22.2 Å². The predicted molar refractivity (Wildman–Crippen MR) is 124 cm³/mol. The fraction of sp³-hybridized carbons (Fsp3) is 0.600. The molecule has 2 aromatic rings. The summed E-state index contributed by atoms with van der Waals surface area (Å²) in [6.45, 7) is 5.75. The number of fused-ring (bicyclic) bond motifs is 1. The van der Waals surface area contributed by atoms with Crippen molar-refractivity contribution < 1.29 is 14.2 Å². The lowest BCUT2D eigenvalue weighted by Gasteiger charge is -2.17. The first-order valence-corrected chi connectivity index (χ1v) is 11.6. The van der Waals surface area contributed by atoms with E-state index >= 15 is 0 Å². The maximum atomic E-state index is 6.20. The Morgan fingerprint density at radius 3 is 2.24 bits per heavy atom. The molecule has 0 aliphatic heterocycles. The third-order valence-electron chi connectivity index (χ3n) is 5.25. The highest BCUT2D eigenvalue weighted by atomic mass is 35.5. The van der Waals surface area contributed by atoms with E-state index in [0.29, 0.717) is 13.2 Å². The molecule has 0 spiro atoms. The van der Waals surface area contributed by atoms with Gasteiger partial charge in [0.1, 0.15) is 5.75 Å². The van der Waals surface area contributed by atoms with E-state index in [9.17, 15) is 0 Å². The molecule has 0 aliphatic carbocycles. The molecule has 0 amide bonds. The van der Waals surface area contributed by atoms with Crippen molar-refractivity contribution in [2.24, 2.45) is 0 Å². The highest BCUT2D eigenvalue weighted by Crippen LogP contribution is 2.41. The van der Waals surface area contributed by atoms with E-state index in [0.717, 1.165) is 60.1 Å². The number of unbranched alkanes of at least 4 members (excludes halogenated alkanes) is 5. The minimum absolute atomic E-state index is 0.273. The molecule has 0 radical (unpaired) electrons. The van der Waals surface area contributed by atoms with Crippen LogP contribution in [0, 0.1) is 0 Å². The van der Waals surface area contributed by atoms with Gasteiger partial charge in [-0.1, -0.05) is 63.8 Å². The minimum atomic E-state index is 0.273. The quantitative estimate of drug-likeness (QED) is 0.217. The Balaban J connectivity index is 2.03. The molecule has 0 saturated carbocycles. The first-order valence-electron chi connectivity index (χ1n) is 11.2. The normalized spacial score (nSPS) is 12.1. The molecular formula is C25H37ClO3. The average molecular weight is 421 g/mol. The lowest BCUT2D eigenvalue weighted by atomic mass is 10.1. The van der Waals surface area contributed by atoms with E-state index in [1.54, 1.807) is 7.11 Å². The van der Waals surface area contributed by atoms with Gasteiger partial charge in [-0.2, -0.15) is 0 Å². The minimum Gasteiger partial charge on any atom is -0.493 e. The first kappa shape index (κ1) is 23.7. The lowest BCUT2D eigenvalue weighted by Crippen LogP contribution is -2.03. The summed E-state index contributed by atoms with van der Waals surface area (Å²) in [6, 6.07) is 10.2. The van der Waals surface area contributed by atoms with Gasteiger partial charge < -0.3 is 14.2 Å². The van der Waals surface area contributed by atoms with Crippen LogP contribution in [0.2, 0.25) is 0 Å². The van der Waals surface area contributed by atoms with E-state index in [2.05, 4.69) is 26.0 Å². The van der Waals surface area contributed by atoms with Gasteiger partial charge >= 0.3 is 0 Å². The molecule has 0 bridgehead atoms. The Hall–Kier alpha value is -1.61. The van der Waals surface area contributed by atoms with Crippen LogP contribution in [0.1, 0.15) is 71.6 Å². The molecule has 0 fully saturated rings. The maximum absolute atomic E-state index is 6.20. The molecule has 162 valence electrons. The summed E-state index contributed by atoms with van der Waals surface area (Å²) in [5, 5.41) is 2.38. The number of alkyl halides is 1. The highest BCUT2D eigenvalue weighted by Gasteiger charge is 2.15. The Morgan fingerprint density at radius 1 is 0.828 bits per heavy atom. The van der Waals surface area contributed by atoms with Crippen molar-refractivity contribution in [1.29, 1.82) is 0 Å². The van der Waals surface area contributed by atoms with Crippen LogP contribution in [-0.4, -0.2) is 25.7 Å². The van der Waals surface area contributed by atoms with Crippen LogP contribution < -0.4 is 14.2 Å². The number of rotatable bonds is 15. The summed E-state index contributed by atoms with van der Waals surface area (Å²) in [5.74, 6) is 2.41. The number of halogens is 1. The van der Waals surface area contributed by atoms with E-state index in [1.807, 2.05) is 18.2 Å².